The van der Waals surface area contributed by atoms with Gasteiger partial charge in [-0.2, -0.15) is 0 Å². The highest BCUT2D eigenvalue weighted by molar-refractivity contribution is 6.00. The highest BCUT2D eigenvalue weighted by Crippen LogP contribution is 2.31. The Hall–Kier alpha value is -3.87. The second-order valence-corrected chi connectivity index (χ2v) is 7.63. The van der Waals surface area contributed by atoms with Gasteiger partial charge in [-0.3, -0.25) is 9.59 Å². The van der Waals surface area contributed by atoms with Gasteiger partial charge in [-0.1, -0.05) is 24.3 Å². The van der Waals surface area contributed by atoms with Crippen LogP contribution in [0.5, 0.6) is 11.5 Å². The minimum absolute atomic E-state index is 0.190. The number of aromatic nitrogens is 1. The zero-order chi connectivity index (χ0) is 22.7. The van der Waals surface area contributed by atoms with Crippen molar-refractivity contribution in [1.82, 2.24) is 4.57 Å². The SMILES string of the molecule is Cc1cc(C(=O)COC(=O)c2ccc(C=O)cc2)c(C)n1CC1COc2ccccc2O1. The molecule has 164 valence electrons. The first-order chi connectivity index (χ1) is 15.5. The quantitative estimate of drug-likeness (QED) is 0.320. The summed E-state index contributed by atoms with van der Waals surface area (Å²) in [5.41, 5.74) is 2.93. The van der Waals surface area contributed by atoms with Crippen LogP contribution in [0.4, 0.5) is 0 Å². The number of Topliss-reactive ketones (excluding diaryl/α,β-unsaturated/α-hetero) is 1. The summed E-state index contributed by atoms with van der Waals surface area (Å²) in [7, 11) is 0. The smallest absolute Gasteiger partial charge is 0.338 e. The van der Waals surface area contributed by atoms with Gasteiger partial charge in [0.05, 0.1) is 12.1 Å². The van der Waals surface area contributed by atoms with Gasteiger partial charge in [-0.25, -0.2) is 4.79 Å². The molecule has 1 aliphatic rings. The predicted octanol–water partition coefficient (Wildman–Crippen LogP) is 3.80. The number of carbonyl (C=O) groups excluding carboxylic acids is 3. The lowest BCUT2D eigenvalue weighted by Gasteiger charge is -2.27. The number of esters is 1. The summed E-state index contributed by atoms with van der Waals surface area (Å²) >= 11 is 0. The first-order valence-electron chi connectivity index (χ1n) is 10.3. The van der Waals surface area contributed by atoms with E-state index in [1.807, 2.05) is 42.7 Å². The number of nitrogens with zero attached hydrogens (tertiary/aromatic N) is 1. The van der Waals surface area contributed by atoms with Crippen LogP contribution < -0.4 is 9.47 Å². The van der Waals surface area contributed by atoms with Gasteiger partial charge in [0.25, 0.3) is 0 Å². The number of fused-ring (bicyclic) bond motifs is 1. The first-order valence-corrected chi connectivity index (χ1v) is 10.3. The third-order valence-electron chi connectivity index (χ3n) is 5.44. The number of carbonyl (C=O) groups is 3. The van der Waals surface area contributed by atoms with E-state index < -0.39 is 5.97 Å². The summed E-state index contributed by atoms with van der Waals surface area (Å²) in [5.74, 6) is 0.531. The average molecular weight is 433 g/mol. The number of aryl methyl sites for hydroxylation is 1. The summed E-state index contributed by atoms with van der Waals surface area (Å²) in [6, 6.07) is 15.4. The summed E-state index contributed by atoms with van der Waals surface area (Å²) in [6.45, 7) is 4.36. The zero-order valence-electron chi connectivity index (χ0n) is 17.9. The number of benzene rings is 2. The molecule has 0 saturated heterocycles. The van der Waals surface area contributed by atoms with Gasteiger partial charge < -0.3 is 18.8 Å². The van der Waals surface area contributed by atoms with E-state index in [2.05, 4.69) is 0 Å². The van der Waals surface area contributed by atoms with Crippen LogP contribution in [0.2, 0.25) is 0 Å². The van der Waals surface area contributed by atoms with E-state index in [1.54, 1.807) is 6.07 Å². The molecule has 0 saturated carbocycles. The summed E-state index contributed by atoms with van der Waals surface area (Å²) in [6.07, 6.45) is 0.502. The minimum Gasteiger partial charge on any atom is -0.486 e. The van der Waals surface area contributed by atoms with Gasteiger partial charge in [0.2, 0.25) is 5.78 Å². The van der Waals surface area contributed by atoms with Gasteiger partial charge in [0.1, 0.15) is 12.9 Å². The molecular weight excluding hydrogens is 410 g/mol. The Morgan fingerprint density at radius 2 is 1.81 bits per heavy atom. The second-order valence-electron chi connectivity index (χ2n) is 7.63. The van der Waals surface area contributed by atoms with Crippen LogP contribution in [0.25, 0.3) is 0 Å². The van der Waals surface area contributed by atoms with Crippen LogP contribution in [0.3, 0.4) is 0 Å². The van der Waals surface area contributed by atoms with Crippen molar-refractivity contribution in [3.63, 3.8) is 0 Å². The van der Waals surface area contributed by atoms with Crippen molar-refractivity contribution in [2.45, 2.75) is 26.5 Å². The van der Waals surface area contributed by atoms with Crippen molar-refractivity contribution in [2.75, 3.05) is 13.2 Å². The molecule has 0 aliphatic carbocycles. The van der Waals surface area contributed by atoms with E-state index in [0.29, 0.717) is 36.3 Å². The lowest BCUT2D eigenvalue weighted by molar-refractivity contribution is 0.0474. The molecule has 2 heterocycles. The van der Waals surface area contributed by atoms with Crippen LogP contribution in [-0.2, 0) is 11.3 Å². The normalized spacial score (nSPS) is 14.6. The molecule has 0 N–H and O–H groups in total. The standard InChI is InChI=1S/C25H23NO6/c1-16-11-21(22(28)15-31-25(29)19-9-7-18(13-27)8-10-19)17(2)26(16)12-20-14-30-23-5-3-4-6-24(23)32-20/h3-11,13,20H,12,14-15H2,1-2H3. The molecule has 0 amide bonds. The molecule has 3 aromatic rings. The number of para-hydroxylation sites is 2. The topological polar surface area (TPSA) is 83.8 Å². The fourth-order valence-electron chi connectivity index (χ4n) is 3.71. The Morgan fingerprint density at radius 3 is 2.53 bits per heavy atom. The monoisotopic (exact) mass is 433 g/mol. The summed E-state index contributed by atoms with van der Waals surface area (Å²) in [5, 5.41) is 0. The number of hydrogen-bond acceptors (Lipinski definition) is 6. The maximum atomic E-state index is 12.7. The third kappa shape index (κ3) is 4.42. The Morgan fingerprint density at radius 1 is 1.09 bits per heavy atom. The van der Waals surface area contributed by atoms with E-state index in [-0.39, 0.29) is 24.1 Å². The highest BCUT2D eigenvalue weighted by Gasteiger charge is 2.24. The molecule has 1 atom stereocenters. The number of hydrogen-bond donors (Lipinski definition) is 0. The van der Waals surface area contributed by atoms with Gasteiger partial charge >= 0.3 is 5.97 Å². The molecule has 2 aromatic carbocycles. The molecular formula is C25H23NO6. The molecule has 0 fully saturated rings. The number of rotatable bonds is 7. The first kappa shape index (κ1) is 21.4. The van der Waals surface area contributed by atoms with Gasteiger partial charge in [0.15, 0.2) is 24.2 Å². The van der Waals surface area contributed by atoms with E-state index in [9.17, 15) is 14.4 Å². The maximum absolute atomic E-state index is 12.7. The zero-order valence-corrected chi connectivity index (χ0v) is 17.9. The fourth-order valence-corrected chi connectivity index (χ4v) is 3.71. The Labute approximate surface area is 185 Å². The Bertz CT molecular complexity index is 1160. The number of ketones is 1. The molecule has 0 spiro atoms. The number of aldehydes is 1. The van der Waals surface area contributed by atoms with Gasteiger partial charge in [-0.15, -0.1) is 0 Å². The summed E-state index contributed by atoms with van der Waals surface area (Å²) < 4.78 is 19.0. The molecule has 0 bridgehead atoms. The molecule has 1 unspecified atom stereocenters. The largest absolute Gasteiger partial charge is 0.486 e. The van der Waals surface area contributed by atoms with Crippen LogP contribution in [0.15, 0.2) is 54.6 Å². The van der Waals surface area contributed by atoms with Crippen LogP contribution in [-0.4, -0.2) is 41.9 Å². The van der Waals surface area contributed by atoms with E-state index in [1.165, 1.54) is 24.3 Å². The van der Waals surface area contributed by atoms with Crippen molar-refractivity contribution >= 4 is 18.0 Å². The molecule has 4 rings (SSSR count). The third-order valence-corrected chi connectivity index (χ3v) is 5.44. The summed E-state index contributed by atoms with van der Waals surface area (Å²) in [4.78, 5) is 35.7. The molecule has 1 aromatic heterocycles. The maximum Gasteiger partial charge on any atom is 0.338 e. The van der Waals surface area contributed by atoms with Crippen molar-refractivity contribution in [2.24, 2.45) is 0 Å². The van der Waals surface area contributed by atoms with Crippen molar-refractivity contribution < 1.29 is 28.6 Å². The van der Waals surface area contributed by atoms with Crippen molar-refractivity contribution in [1.29, 1.82) is 0 Å². The van der Waals surface area contributed by atoms with Crippen molar-refractivity contribution in [3.05, 3.63) is 82.7 Å². The fraction of sp³-hybridized carbons (Fsp3) is 0.240. The van der Waals surface area contributed by atoms with Crippen LogP contribution in [0, 0.1) is 13.8 Å². The molecule has 32 heavy (non-hydrogen) atoms. The minimum atomic E-state index is -0.615. The molecule has 1 aliphatic heterocycles. The van der Waals surface area contributed by atoms with Gasteiger partial charge in [-0.05, 0) is 44.2 Å². The average Bonchev–Trinajstić information content (AvgIpc) is 3.10. The molecule has 7 nitrogen and oxygen atoms in total. The van der Waals surface area contributed by atoms with Crippen LogP contribution in [0.1, 0.15) is 42.5 Å². The molecule has 0 radical (unpaired) electrons. The lowest BCUT2D eigenvalue weighted by atomic mass is 10.1. The number of ether oxygens (including phenoxy) is 3. The second kappa shape index (κ2) is 9.09. The molecule has 7 heteroatoms. The Kier molecular flexibility index (Phi) is 6.07. The Balaban J connectivity index is 1.40. The van der Waals surface area contributed by atoms with E-state index in [4.69, 9.17) is 14.2 Å². The van der Waals surface area contributed by atoms with E-state index >= 15 is 0 Å². The van der Waals surface area contributed by atoms with E-state index in [0.717, 1.165) is 17.1 Å². The van der Waals surface area contributed by atoms with Gasteiger partial charge in [0, 0.05) is 22.5 Å². The van der Waals surface area contributed by atoms with Crippen molar-refractivity contribution in [3.8, 4) is 11.5 Å². The lowest BCUT2D eigenvalue weighted by Crippen LogP contribution is -2.33. The highest BCUT2D eigenvalue weighted by atomic mass is 16.6. The van der Waals surface area contributed by atoms with Crippen LogP contribution >= 0.6 is 0 Å². The predicted molar refractivity (Wildman–Crippen MR) is 117 cm³/mol.